The maximum Gasteiger partial charge on any atom is 0.345 e. The van der Waals surface area contributed by atoms with E-state index in [2.05, 4.69) is 31.1 Å². The van der Waals surface area contributed by atoms with Crippen LogP contribution in [0.2, 0.25) is 0 Å². The summed E-state index contributed by atoms with van der Waals surface area (Å²) in [4.78, 5) is 4.82. The molecule has 1 unspecified atom stereocenters. The molecule has 0 aliphatic heterocycles. The van der Waals surface area contributed by atoms with Crippen molar-refractivity contribution in [3.05, 3.63) is 22.6 Å². The van der Waals surface area contributed by atoms with Crippen LogP contribution >= 0.6 is 27.7 Å². The van der Waals surface area contributed by atoms with Gasteiger partial charge in [0.25, 0.3) is 0 Å². The van der Waals surface area contributed by atoms with Crippen LogP contribution in [0.3, 0.4) is 0 Å². The Morgan fingerprint density at radius 3 is 2.54 bits per heavy atom. The highest BCUT2D eigenvalue weighted by Crippen LogP contribution is 2.40. The normalized spacial score (nSPS) is 13.5. The summed E-state index contributed by atoms with van der Waals surface area (Å²) < 4.78 is 66.7. The monoisotopic (exact) mass is 430 g/mol. The molecule has 24 heavy (non-hydrogen) atoms. The molecule has 0 amide bonds. The van der Waals surface area contributed by atoms with Crippen molar-refractivity contribution in [3.8, 4) is 11.5 Å². The Morgan fingerprint density at radius 2 is 1.96 bits per heavy atom. The van der Waals surface area contributed by atoms with E-state index in [-0.39, 0.29) is 5.82 Å². The maximum atomic E-state index is 13.9. The van der Waals surface area contributed by atoms with Gasteiger partial charge in [-0.2, -0.15) is 8.78 Å². The molecule has 2 rings (SSSR count). The lowest BCUT2D eigenvalue weighted by Gasteiger charge is -2.19. The Morgan fingerprint density at radius 1 is 1.29 bits per heavy atom. The van der Waals surface area contributed by atoms with E-state index in [1.165, 1.54) is 25.0 Å². The topological polar surface area (TPSA) is 43.6 Å². The third kappa shape index (κ3) is 3.56. The van der Waals surface area contributed by atoms with Crippen LogP contribution in [0.15, 0.2) is 21.6 Å². The van der Waals surface area contributed by atoms with Crippen molar-refractivity contribution in [1.82, 2.24) is 19.7 Å². The summed E-state index contributed by atoms with van der Waals surface area (Å²) in [5, 5.41) is 6.98. The molecule has 1 atom stereocenters. The fourth-order valence-corrected chi connectivity index (χ4v) is 3.19. The molecule has 0 aliphatic rings. The molecule has 0 bridgehead atoms. The number of nitrogens with zero attached hydrogens (tertiary/aromatic N) is 4. The smallest absolute Gasteiger partial charge is 0.310 e. The number of alkyl halides is 5. The molecule has 0 aliphatic carbocycles. The SMILES string of the molecule is CCSc1cc(Br)cnc1-c1nnc(C(F)C(F)(F)C(F)F)n1C. The van der Waals surface area contributed by atoms with Gasteiger partial charge in [0.05, 0.1) is 0 Å². The van der Waals surface area contributed by atoms with Gasteiger partial charge in [-0.05, 0) is 27.7 Å². The van der Waals surface area contributed by atoms with Crippen LogP contribution < -0.4 is 0 Å². The van der Waals surface area contributed by atoms with Crippen molar-refractivity contribution < 1.29 is 22.0 Å². The first-order valence-corrected chi connectivity index (χ1v) is 8.46. The summed E-state index contributed by atoms with van der Waals surface area (Å²) in [6.45, 7) is 1.90. The Hall–Kier alpha value is -1.23. The second-order valence-corrected chi connectivity index (χ2v) is 6.93. The number of halogens is 6. The van der Waals surface area contributed by atoms with Gasteiger partial charge >= 0.3 is 12.3 Å². The molecule has 2 heterocycles. The van der Waals surface area contributed by atoms with Gasteiger partial charge in [-0.1, -0.05) is 6.92 Å². The van der Waals surface area contributed by atoms with Gasteiger partial charge in [0.15, 0.2) is 11.6 Å². The van der Waals surface area contributed by atoms with Crippen LogP contribution in [0.4, 0.5) is 22.0 Å². The Balaban J connectivity index is 2.48. The zero-order valence-electron chi connectivity index (χ0n) is 12.5. The predicted octanol–water partition coefficient (Wildman–Crippen LogP) is 4.66. The van der Waals surface area contributed by atoms with Crippen LogP contribution in [-0.2, 0) is 7.05 Å². The van der Waals surface area contributed by atoms with Gasteiger partial charge in [0, 0.05) is 22.6 Å². The third-order valence-electron chi connectivity index (χ3n) is 3.10. The molecule has 0 N–H and O–H groups in total. The summed E-state index contributed by atoms with van der Waals surface area (Å²) in [7, 11) is 1.23. The van der Waals surface area contributed by atoms with E-state index in [0.29, 0.717) is 20.8 Å². The minimum Gasteiger partial charge on any atom is -0.310 e. The number of hydrogen-bond acceptors (Lipinski definition) is 4. The summed E-state index contributed by atoms with van der Waals surface area (Å²) in [6.07, 6.45) is -5.96. The van der Waals surface area contributed by atoms with E-state index in [1.807, 2.05) is 6.92 Å². The molecule has 11 heteroatoms. The Labute approximate surface area is 147 Å². The van der Waals surface area contributed by atoms with Gasteiger partial charge in [-0.15, -0.1) is 22.0 Å². The molecule has 2 aromatic rings. The summed E-state index contributed by atoms with van der Waals surface area (Å²) in [6, 6.07) is 1.74. The molecule has 0 spiro atoms. The van der Waals surface area contributed by atoms with Gasteiger partial charge in [-0.3, -0.25) is 4.98 Å². The van der Waals surface area contributed by atoms with Crippen LogP contribution in [-0.4, -0.2) is 37.8 Å². The van der Waals surface area contributed by atoms with E-state index in [1.54, 1.807) is 6.07 Å². The minimum absolute atomic E-state index is 0.0150. The first kappa shape index (κ1) is 19.1. The summed E-state index contributed by atoms with van der Waals surface area (Å²) in [5.74, 6) is -5.02. The zero-order chi connectivity index (χ0) is 18.1. The van der Waals surface area contributed by atoms with Crippen molar-refractivity contribution in [2.75, 3.05) is 5.75 Å². The van der Waals surface area contributed by atoms with E-state index in [9.17, 15) is 22.0 Å². The van der Waals surface area contributed by atoms with Crippen LogP contribution in [0.25, 0.3) is 11.5 Å². The number of rotatable bonds is 6. The van der Waals surface area contributed by atoms with Gasteiger partial charge in [0.1, 0.15) is 5.69 Å². The molecule has 0 fully saturated rings. The van der Waals surface area contributed by atoms with Crippen LogP contribution in [0, 0.1) is 0 Å². The first-order chi connectivity index (χ1) is 11.2. The van der Waals surface area contributed by atoms with Crippen molar-refractivity contribution >= 4 is 27.7 Å². The highest BCUT2D eigenvalue weighted by atomic mass is 79.9. The second kappa shape index (κ2) is 7.34. The van der Waals surface area contributed by atoms with Gasteiger partial charge in [0.2, 0.25) is 6.17 Å². The molecule has 0 radical (unpaired) electrons. The van der Waals surface area contributed by atoms with E-state index in [4.69, 9.17) is 0 Å². The maximum absolute atomic E-state index is 13.9. The largest absolute Gasteiger partial charge is 0.345 e. The van der Waals surface area contributed by atoms with Crippen molar-refractivity contribution in [2.24, 2.45) is 7.05 Å². The van der Waals surface area contributed by atoms with Crippen molar-refractivity contribution in [3.63, 3.8) is 0 Å². The first-order valence-electron chi connectivity index (χ1n) is 6.68. The summed E-state index contributed by atoms with van der Waals surface area (Å²) in [5.41, 5.74) is 0.305. The molecule has 2 aromatic heterocycles. The van der Waals surface area contributed by atoms with Crippen molar-refractivity contribution in [2.45, 2.75) is 30.3 Å². The molecule has 132 valence electrons. The average molecular weight is 431 g/mol. The average Bonchev–Trinajstić information content (AvgIpc) is 2.88. The minimum atomic E-state index is -4.85. The predicted molar refractivity (Wildman–Crippen MR) is 83.1 cm³/mol. The highest BCUT2D eigenvalue weighted by Gasteiger charge is 2.52. The molecule has 4 nitrogen and oxygen atoms in total. The number of hydrogen-bond donors (Lipinski definition) is 0. The summed E-state index contributed by atoms with van der Waals surface area (Å²) >= 11 is 4.68. The molecular weight excluding hydrogens is 419 g/mol. The standard InChI is InChI=1S/C13H12BrF5N4S/c1-3-24-7-4-6(14)5-20-8(7)10-21-22-11(23(10)2)9(15)13(18,19)12(16)17/h4-5,9,12H,3H2,1-2H3. The number of aromatic nitrogens is 4. The lowest BCUT2D eigenvalue weighted by Crippen LogP contribution is -2.33. The lowest BCUT2D eigenvalue weighted by molar-refractivity contribution is -0.175. The van der Waals surface area contributed by atoms with Crippen LogP contribution in [0.1, 0.15) is 18.9 Å². The van der Waals surface area contributed by atoms with Gasteiger partial charge in [-0.25, -0.2) is 13.2 Å². The molecule has 0 saturated carbocycles. The fourth-order valence-electron chi connectivity index (χ4n) is 1.91. The highest BCUT2D eigenvalue weighted by molar-refractivity contribution is 9.10. The Kier molecular flexibility index (Phi) is 5.84. The number of thioether (sulfide) groups is 1. The van der Waals surface area contributed by atoms with Crippen LogP contribution in [0.5, 0.6) is 0 Å². The number of pyridine rings is 1. The van der Waals surface area contributed by atoms with E-state index >= 15 is 0 Å². The third-order valence-corrected chi connectivity index (χ3v) is 4.44. The fraction of sp³-hybridized carbons (Fsp3) is 0.462. The molecular formula is C13H12BrF5N4S. The Bertz CT molecular complexity index is 724. The van der Waals surface area contributed by atoms with Gasteiger partial charge < -0.3 is 4.57 Å². The van der Waals surface area contributed by atoms with E-state index < -0.39 is 24.3 Å². The molecule has 0 saturated heterocycles. The zero-order valence-corrected chi connectivity index (χ0v) is 14.9. The second-order valence-electron chi connectivity index (χ2n) is 4.71. The van der Waals surface area contributed by atoms with E-state index in [0.717, 1.165) is 4.57 Å². The van der Waals surface area contributed by atoms with Crippen molar-refractivity contribution in [1.29, 1.82) is 0 Å². The quantitative estimate of drug-likeness (QED) is 0.493. The lowest BCUT2D eigenvalue weighted by atomic mass is 10.2. The molecule has 0 aromatic carbocycles.